The molecule has 0 aromatic heterocycles. The lowest BCUT2D eigenvalue weighted by Crippen LogP contribution is -2.65. The molecule has 4 heterocycles. The Kier molecular flexibility index (Phi) is 12.6. The Hall–Kier alpha value is -4.33. The zero-order valence-electron chi connectivity index (χ0n) is 34.0. The summed E-state index contributed by atoms with van der Waals surface area (Å²) in [6.07, 6.45) is 2.19. The van der Waals surface area contributed by atoms with Gasteiger partial charge < -0.3 is 25.2 Å². The van der Waals surface area contributed by atoms with Gasteiger partial charge in [-0.3, -0.25) is 19.4 Å². The third-order valence-corrected chi connectivity index (χ3v) is 15.4. The first kappa shape index (κ1) is 42.8. The molecule has 2 aromatic carbocycles. The lowest BCUT2D eigenvalue weighted by molar-refractivity contribution is -0.128. The highest BCUT2D eigenvalue weighted by molar-refractivity contribution is 7.92. The van der Waals surface area contributed by atoms with Crippen LogP contribution in [0.3, 0.4) is 0 Å². The molecule has 320 valence electrons. The maximum Gasteiger partial charge on any atom is 0.407 e. The number of nitrogens with zero attached hydrogens (tertiary/aromatic N) is 4. The molecule has 3 amide bonds. The summed E-state index contributed by atoms with van der Waals surface area (Å²) in [5.74, 6) is 3.88. The van der Waals surface area contributed by atoms with Crippen molar-refractivity contribution in [3.05, 3.63) is 59.4 Å². The highest BCUT2D eigenvalue weighted by Crippen LogP contribution is 2.50. The van der Waals surface area contributed by atoms with Crippen molar-refractivity contribution in [2.45, 2.75) is 85.9 Å². The van der Waals surface area contributed by atoms with Crippen LogP contribution in [-0.4, -0.2) is 137 Å². The number of piperidine rings is 1. The molecule has 0 unspecified atom stereocenters. The predicted molar refractivity (Wildman–Crippen MR) is 216 cm³/mol. The number of amides is 3. The number of hydrogen-bond donors (Lipinski definition) is 2. The Morgan fingerprint density at radius 3 is 2.37 bits per heavy atom. The molecule has 2 N–H and O–H groups in total. The Morgan fingerprint density at radius 1 is 1.00 bits per heavy atom. The maximum absolute atomic E-state index is 16.5. The Labute approximate surface area is 345 Å². The van der Waals surface area contributed by atoms with Crippen molar-refractivity contribution in [2.75, 3.05) is 77.5 Å². The number of anilines is 1. The zero-order valence-corrected chi connectivity index (χ0v) is 34.8. The number of ether oxygens (including phenoxy) is 1. The van der Waals surface area contributed by atoms with Gasteiger partial charge in [-0.1, -0.05) is 24.5 Å². The smallest absolute Gasteiger partial charge is 0.407 e. The first-order valence-corrected chi connectivity index (χ1v) is 22.1. The first-order chi connectivity index (χ1) is 28.1. The van der Waals surface area contributed by atoms with Crippen molar-refractivity contribution < 1.29 is 40.7 Å². The molecule has 16 heteroatoms. The minimum atomic E-state index is -3.81. The lowest BCUT2D eigenvalue weighted by atomic mass is 9.58. The standard InChI is InChI=1S/C43H55F3N6O6S/c1-4-7-40(54)51-23-36(24-51)59(56,57)39-13-12-35(18-30(39)20-50-21-34(45)22-50)52-27-42(46,28-52)26-49-16-14-31(15-17-49)43(25-47-29(2)53,32-8-5-9-33(44)19-32)37-10-6-11-38(37)48-41(55)58-3/h5,8-9,12-13,18-19,31,34,36-38H,6,10-11,14-17,20-28H2,1-3H3,(H,47,53)(H,48,55)/t37-,38-,43-/m0/s1. The second-order valence-corrected chi connectivity index (χ2v) is 19.3. The molecule has 0 bridgehead atoms. The number of halogens is 3. The normalized spacial score (nSPS) is 23.8. The van der Waals surface area contributed by atoms with E-state index in [4.69, 9.17) is 4.74 Å². The van der Waals surface area contributed by atoms with E-state index >= 15 is 4.39 Å². The number of carbonyl (C=O) groups is 3. The largest absolute Gasteiger partial charge is 0.453 e. The number of benzene rings is 2. The fraction of sp³-hybridized carbons (Fsp3) is 0.605. The molecule has 4 aliphatic heterocycles. The molecule has 3 atom stereocenters. The van der Waals surface area contributed by atoms with Gasteiger partial charge >= 0.3 is 6.09 Å². The third kappa shape index (κ3) is 8.93. The average molecular weight is 841 g/mol. The van der Waals surface area contributed by atoms with E-state index in [1.54, 1.807) is 37.3 Å². The molecule has 5 fully saturated rings. The van der Waals surface area contributed by atoms with Crippen molar-refractivity contribution in [1.82, 2.24) is 25.3 Å². The van der Waals surface area contributed by atoms with Crippen LogP contribution in [0.4, 0.5) is 23.7 Å². The predicted octanol–water partition coefficient (Wildman–Crippen LogP) is 3.83. The average Bonchev–Trinajstić information content (AvgIpc) is 3.61. The van der Waals surface area contributed by atoms with Crippen LogP contribution in [-0.2, 0) is 36.1 Å². The lowest BCUT2D eigenvalue weighted by Gasteiger charge is -2.52. The van der Waals surface area contributed by atoms with Crippen LogP contribution in [0.25, 0.3) is 0 Å². The van der Waals surface area contributed by atoms with Crippen LogP contribution < -0.4 is 15.5 Å². The molecule has 4 saturated heterocycles. The molecular weight excluding hydrogens is 786 g/mol. The second-order valence-electron chi connectivity index (χ2n) is 17.1. The van der Waals surface area contributed by atoms with Crippen molar-refractivity contribution in [1.29, 1.82) is 0 Å². The number of methoxy groups -OCH3 is 1. The summed E-state index contributed by atoms with van der Waals surface area (Å²) in [6.45, 7) is 5.65. The van der Waals surface area contributed by atoms with E-state index in [9.17, 15) is 31.6 Å². The summed E-state index contributed by atoms with van der Waals surface area (Å²) < 4.78 is 77.8. The van der Waals surface area contributed by atoms with E-state index in [-0.39, 0.29) is 93.4 Å². The molecule has 1 aliphatic carbocycles. The van der Waals surface area contributed by atoms with Gasteiger partial charge in [-0.25, -0.2) is 26.4 Å². The number of alkyl halides is 2. The summed E-state index contributed by atoms with van der Waals surface area (Å²) in [5, 5.41) is 5.30. The molecule has 1 saturated carbocycles. The number of rotatable bonds is 13. The van der Waals surface area contributed by atoms with Gasteiger partial charge in [0.2, 0.25) is 5.91 Å². The first-order valence-electron chi connectivity index (χ1n) is 20.6. The van der Waals surface area contributed by atoms with Crippen molar-refractivity contribution in [3.63, 3.8) is 0 Å². The number of nitrogens with one attached hydrogen (secondary N) is 2. The summed E-state index contributed by atoms with van der Waals surface area (Å²) >= 11 is 0. The molecule has 59 heavy (non-hydrogen) atoms. The van der Waals surface area contributed by atoms with Crippen LogP contribution in [0.15, 0.2) is 47.4 Å². The van der Waals surface area contributed by atoms with E-state index in [1.165, 1.54) is 25.0 Å². The molecule has 0 radical (unpaired) electrons. The Bertz CT molecular complexity index is 2070. The van der Waals surface area contributed by atoms with Gasteiger partial charge in [0.25, 0.3) is 5.91 Å². The maximum atomic E-state index is 16.5. The van der Waals surface area contributed by atoms with Crippen molar-refractivity contribution in [3.8, 4) is 11.8 Å². The van der Waals surface area contributed by atoms with Crippen LogP contribution in [0.1, 0.15) is 57.1 Å². The quantitative estimate of drug-likeness (QED) is 0.289. The molecule has 5 aliphatic rings. The molecule has 2 aromatic rings. The van der Waals surface area contributed by atoms with E-state index in [0.29, 0.717) is 37.2 Å². The Balaban J connectivity index is 1.04. The van der Waals surface area contributed by atoms with Gasteiger partial charge in [0.05, 0.1) is 25.1 Å². The number of sulfone groups is 1. The van der Waals surface area contributed by atoms with Gasteiger partial charge in [0.15, 0.2) is 15.5 Å². The number of alkyl carbamates (subject to hydrolysis) is 1. The van der Waals surface area contributed by atoms with E-state index in [2.05, 4.69) is 27.4 Å². The van der Waals surface area contributed by atoms with Gasteiger partial charge in [-0.2, -0.15) is 0 Å². The summed E-state index contributed by atoms with van der Waals surface area (Å²) in [4.78, 5) is 44.5. The van der Waals surface area contributed by atoms with E-state index < -0.39 is 44.3 Å². The summed E-state index contributed by atoms with van der Waals surface area (Å²) in [7, 11) is -2.49. The second kappa shape index (κ2) is 17.3. The zero-order chi connectivity index (χ0) is 42.1. The minimum Gasteiger partial charge on any atom is -0.453 e. The summed E-state index contributed by atoms with van der Waals surface area (Å²) in [5.41, 5.74) is -0.236. The molecular formula is C43H55F3N6O6S. The molecule has 12 nitrogen and oxygen atoms in total. The minimum absolute atomic E-state index is 0.00768. The van der Waals surface area contributed by atoms with Crippen LogP contribution >= 0.6 is 0 Å². The number of hydrogen-bond acceptors (Lipinski definition) is 9. The topological polar surface area (TPSA) is 132 Å². The highest BCUT2D eigenvalue weighted by Gasteiger charge is 2.53. The molecule has 0 spiro atoms. The number of likely N-dealkylation sites (tertiary alicyclic amines) is 3. The van der Waals surface area contributed by atoms with Crippen LogP contribution in [0.2, 0.25) is 0 Å². The number of carbonyl (C=O) groups excluding carboxylic acids is 3. The molecule has 7 rings (SSSR count). The van der Waals surface area contributed by atoms with Crippen LogP contribution in [0.5, 0.6) is 0 Å². The summed E-state index contributed by atoms with van der Waals surface area (Å²) in [6, 6.07) is 11.3. The third-order valence-electron chi connectivity index (χ3n) is 13.3. The monoisotopic (exact) mass is 840 g/mol. The SMILES string of the molecule is CC#CC(=O)N1CC(S(=O)(=O)c2ccc(N3CC(F)(CN4CCC([C@@](CNC(C)=O)(c5cccc(F)c5)[C@H]5CCC[C@@H]5NC(=O)OC)CC4)C3)cc2CN2CC(F)C2)C1. The Morgan fingerprint density at radius 2 is 1.73 bits per heavy atom. The van der Waals surface area contributed by atoms with E-state index in [1.807, 2.05) is 15.9 Å². The van der Waals surface area contributed by atoms with Crippen LogP contribution in [0, 0.1) is 29.5 Å². The van der Waals surface area contributed by atoms with Crippen molar-refractivity contribution >= 4 is 33.4 Å². The van der Waals surface area contributed by atoms with Gasteiger partial charge in [0, 0.05) is 69.9 Å². The van der Waals surface area contributed by atoms with Crippen molar-refractivity contribution in [2.24, 2.45) is 11.8 Å². The fourth-order valence-electron chi connectivity index (χ4n) is 10.3. The van der Waals surface area contributed by atoms with Gasteiger partial charge in [-0.15, -0.1) is 0 Å². The van der Waals surface area contributed by atoms with Gasteiger partial charge in [-0.05, 0) is 105 Å². The fourth-order valence-corrected chi connectivity index (χ4v) is 12.1. The van der Waals surface area contributed by atoms with Gasteiger partial charge in [0.1, 0.15) is 17.2 Å². The highest BCUT2D eigenvalue weighted by atomic mass is 32.2. The van der Waals surface area contributed by atoms with E-state index in [0.717, 1.165) is 24.8 Å².